The van der Waals surface area contributed by atoms with E-state index < -0.39 is 15.4 Å². The number of piperidine rings is 1. The maximum Gasteiger partial charge on any atom is 0.228 e. The predicted molar refractivity (Wildman–Crippen MR) is 97.1 cm³/mol. The molecule has 9 heteroatoms. The van der Waals surface area contributed by atoms with E-state index in [1.807, 2.05) is 12.1 Å². The Bertz CT molecular complexity index is 785. The first-order valence-electron chi connectivity index (χ1n) is 8.72. The first-order chi connectivity index (χ1) is 12.3. The molecule has 3 rings (SSSR count). The molecule has 1 aromatic heterocycles. The maximum absolute atomic E-state index is 12.8. The van der Waals surface area contributed by atoms with Crippen molar-refractivity contribution in [2.45, 2.75) is 25.4 Å². The summed E-state index contributed by atoms with van der Waals surface area (Å²) < 4.78 is 31.2. The van der Waals surface area contributed by atoms with Crippen LogP contribution in [0, 0.1) is 5.41 Å². The van der Waals surface area contributed by atoms with Gasteiger partial charge in [-0.2, -0.15) is 0 Å². The van der Waals surface area contributed by atoms with Gasteiger partial charge in [0.1, 0.15) is 0 Å². The Balaban J connectivity index is 1.85. The van der Waals surface area contributed by atoms with Crippen LogP contribution in [0.25, 0.3) is 0 Å². The van der Waals surface area contributed by atoms with Gasteiger partial charge >= 0.3 is 0 Å². The van der Waals surface area contributed by atoms with E-state index >= 15 is 0 Å². The minimum absolute atomic E-state index is 0.00132. The lowest BCUT2D eigenvalue weighted by atomic mass is 9.72. The number of methoxy groups -OCH3 is 1. The van der Waals surface area contributed by atoms with Crippen LogP contribution in [0.3, 0.4) is 0 Å². The van der Waals surface area contributed by atoms with E-state index in [0.717, 1.165) is 5.69 Å². The number of hydrogen-bond acceptors (Lipinski definition) is 6. The molecular formula is C17H26N4O4S. The second kappa shape index (κ2) is 7.13. The van der Waals surface area contributed by atoms with Crippen molar-refractivity contribution in [1.82, 2.24) is 19.5 Å². The molecule has 0 radical (unpaired) electrons. The van der Waals surface area contributed by atoms with Crippen LogP contribution in [-0.4, -0.2) is 74.6 Å². The number of nitrogens with one attached hydrogen (secondary N) is 1. The summed E-state index contributed by atoms with van der Waals surface area (Å²) in [6.07, 6.45) is 0.958. The first kappa shape index (κ1) is 19.1. The molecular weight excluding hydrogens is 356 g/mol. The lowest BCUT2D eigenvalue weighted by Gasteiger charge is -2.52. The number of amides is 1. The third kappa shape index (κ3) is 3.30. The molecule has 0 bridgehead atoms. The average molecular weight is 382 g/mol. The predicted octanol–water partition coefficient (Wildman–Crippen LogP) is 0.0622. The van der Waals surface area contributed by atoms with Gasteiger partial charge in [-0.3, -0.25) is 9.69 Å². The SMILES string of the molecule is CNC(=O)[C@]12CCS(=O)(=O)N(C)[C@@H]1CCN(Cc1cccc(OC)n1)C2. The molecule has 2 saturated heterocycles. The molecule has 1 aromatic rings. The van der Waals surface area contributed by atoms with E-state index in [1.165, 1.54) is 4.31 Å². The zero-order chi connectivity index (χ0) is 18.9. The summed E-state index contributed by atoms with van der Waals surface area (Å²) in [5.74, 6) is 0.466. The highest BCUT2D eigenvalue weighted by molar-refractivity contribution is 7.89. The number of rotatable bonds is 4. The standard InChI is InChI=1S/C17H26N4O4S/c1-18-16(22)17-8-10-26(23,24)20(2)14(17)7-9-21(12-17)11-13-5-4-6-15(19-13)25-3/h4-6,14H,7-12H2,1-3H3,(H,18,22)/t14-,17+/m1/s1. The second-order valence-electron chi connectivity index (χ2n) is 7.00. The van der Waals surface area contributed by atoms with Crippen LogP contribution in [-0.2, 0) is 21.4 Å². The van der Waals surface area contributed by atoms with Crippen LogP contribution >= 0.6 is 0 Å². The van der Waals surface area contributed by atoms with E-state index in [1.54, 1.807) is 27.3 Å². The van der Waals surface area contributed by atoms with Crippen molar-refractivity contribution in [2.24, 2.45) is 5.41 Å². The first-order valence-corrected chi connectivity index (χ1v) is 10.3. The lowest BCUT2D eigenvalue weighted by molar-refractivity contribution is -0.139. The fourth-order valence-electron chi connectivity index (χ4n) is 4.20. The quantitative estimate of drug-likeness (QED) is 0.792. The molecule has 0 aromatic carbocycles. The summed E-state index contributed by atoms with van der Waals surface area (Å²) in [5.41, 5.74) is 0.137. The highest BCUT2D eigenvalue weighted by Gasteiger charge is 2.55. The molecule has 2 aliphatic heterocycles. The highest BCUT2D eigenvalue weighted by atomic mass is 32.2. The number of sulfonamides is 1. The van der Waals surface area contributed by atoms with Gasteiger partial charge in [0.15, 0.2) is 0 Å². The molecule has 2 atom stereocenters. The molecule has 0 spiro atoms. The van der Waals surface area contributed by atoms with Gasteiger partial charge in [-0.05, 0) is 18.9 Å². The molecule has 2 fully saturated rings. The number of carbonyl (C=O) groups is 1. The van der Waals surface area contributed by atoms with Crippen LogP contribution in [0.2, 0.25) is 0 Å². The molecule has 3 heterocycles. The Morgan fingerprint density at radius 1 is 1.46 bits per heavy atom. The van der Waals surface area contributed by atoms with E-state index in [4.69, 9.17) is 4.74 Å². The van der Waals surface area contributed by atoms with Crippen molar-refractivity contribution in [3.63, 3.8) is 0 Å². The number of pyridine rings is 1. The summed E-state index contributed by atoms with van der Waals surface area (Å²) >= 11 is 0. The van der Waals surface area contributed by atoms with Crippen LogP contribution in [0.15, 0.2) is 18.2 Å². The number of likely N-dealkylation sites (tertiary alicyclic amines) is 1. The Kier molecular flexibility index (Phi) is 5.23. The summed E-state index contributed by atoms with van der Waals surface area (Å²) in [6, 6.07) is 5.31. The maximum atomic E-state index is 12.8. The van der Waals surface area contributed by atoms with Gasteiger partial charge in [0.05, 0.1) is 24.0 Å². The highest BCUT2D eigenvalue weighted by Crippen LogP contribution is 2.42. The van der Waals surface area contributed by atoms with Crippen LogP contribution in [0.5, 0.6) is 5.88 Å². The molecule has 0 unspecified atom stereocenters. The van der Waals surface area contributed by atoms with Gasteiger partial charge in [-0.1, -0.05) is 6.07 Å². The van der Waals surface area contributed by atoms with Gasteiger partial charge in [-0.25, -0.2) is 17.7 Å². The average Bonchev–Trinajstić information content (AvgIpc) is 2.64. The summed E-state index contributed by atoms with van der Waals surface area (Å²) in [5, 5.41) is 2.75. The van der Waals surface area contributed by atoms with Gasteiger partial charge in [0.25, 0.3) is 0 Å². The normalized spacial score (nSPS) is 29.0. The van der Waals surface area contributed by atoms with E-state index in [9.17, 15) is 13.2 Å². The van der Waals surface area contributed by atoms with Crippen molar-refractivity contribution < 1.29 is 17.9 Å². The van der Waals surface area contributed by atoms with Crippen LogP contribution in [0.1, 0.15) is 18.5 Å². The summed E-state index contributed by atoms with van der Waals surface area (Å²) in [7, 11) is 1.49. The Hall–Kier alpha value is -1.71. The number of nitrogens with zero attached hydrogens (tertiary/aromatic N) is 3. The van der Waals surface area contributed by atoms with E-state index in [0.29, 0.717) is 38.4 Å². The molecule has 1 N–H and O–H groups in total. The number of hydrogen-bond donors (Lipinski definition) is 1. The fourth-order valence-corrected chi connectivity index (χ4v) is 5.80. The van der Waals surface area contributed by atoms with Crippen LogP contribution < -0.4 is 10.1 Å². The summed E-state index contributed by atoms with van der Waals surface area (Å²) in [6.45, 7) is 1.82. The van der Waals surface area contributed by atoms with Gasteiger partial charge < -0.3 is 10.1 Å². The van der Waals surface area contributed by atoms with Crippen molar-refractivity contribution in [3.8, 4) is 5.88 Å². The number of ether oxygens (including phenoxy) is 1. The number of carbonyl (C=O) groups excluding carboxylic acids is 1. The minimum Gasteiger partial charge on any atom is -0.481 e. The third-order valence-electron chi connectivity index (χ3n) is 5.60. The molecule has 2 aliphatic rings. The van der Waals surface area contributed by atoms with Gasteiger partial charge in [0.2, 0.25) is 21.8 Å². The minimum atomic E-state index is -3.29. The van der Waals surface area contributed by atoms with Crippen molar-refractivity contribution in [1.29, 1.82) is 0 Å². The second-order valence-corrected chi connectivity index (χ2v) is 9.15. The van der Waals surface area contributed by atoms with Crippen molar-refractivity contribution >= 4 is 15.9 Å². The molecule has 0 saturated carbocycles. The number of aromatic nitrogens is 1. The zero-order valence-corrected chi connectivity index (χ0v) is 16.3. The summed E-state index contributed by atoms with van der Waals surface area (Å²) in [4.78, 5) is 19.4. The van der Waals surface area contributed by atoms with Gasteiger partial charge in [0, 0.05) is 45.8 Å². The van der Waals surface area contributed by atoms with Crippen molar-refractivity contribution in [3.05, 3.63) is 23.9 Å². The van der Waals surface area contributed by atoms with Gasteiger partial charge in [-0.15, -0.1) is 0 Å². The fraction of sp³-hybridized carbons (Fsp3) is 0.647. The molecule has 26 heavy (non-hydrogen) atoms. The Labute approximate surface area is 154 Å². The zero-order valence-electron chi connectivity index (χ0n) is 15.4. The number of fused-ring (bicyclic) bond motifs is 1. The Morgan fingerprint density at radius 3 is 2.92 bits per heavy atom. The monoisotopic (exact) mass is 382 g/mol. The van der Waals surface area contributed by atoms with E-state index in [-0.39, 0.29) is 17.7 Å². The van der Waals surface area contributed by atoms with Crippen LogP contribution in [0.4, 0.5) is 0 Å². The third-order valence-corrected chi connectivity index (χ3v) is 7.45. The lowest BCUT2D eigenvalue weighted by Crippen LogP contribution is -2.66. The van der Waals surface area contributed by atoms with Crippen molar-refractivity contribution in [2.75, 3.05) is 40.0 Å². The molecule has 144 valence electrons. The smallest absolute Gasteiger partial charge is 0.228 e. The molecule has 1 amide bonds. The Morgan fingerprint density at radius 2 is 2.23 bits per heavy atom. The molecule has 0 aliphatic carbocycles. The van der Waals surface area contributed by atoms with E-state index in [2.05, 4.69) is 15.2 Å². The largest absolute Gasteiger partial charge is 0.481 e. The topological polar surface area (TPSA) is 91.8 Å². The molecule has 8 nitrogen and oxygen atoms in total.